The van der Waals surface area contributed by atoms with E-state index in [9.17, 15) is 14.4 Å². The number of amides is 3. The first-order valence-electron chi connectivity index (χ1n) is 9.95. The lowest BCUT2D eigenvalue weighted by atomic mass is 10.0. The second-order valence-corrected chi connectivity index (χ2v) is 9.15. The molecule has 2 heterocycles. The minimum absolute atomic E-state index is 0.0977. The molecule has 0 radical (unpaired) electrons. The van der Waals surface area contributed by atoms with Crippen LogP contribution in [0.2, 0.25) is 4.34 Å². The molecule has 3 N–H and O–H groups in total. The van der Waals surface area contributed by atoms with Gasteiger partial charge >= 0.3 is 6.09 Å². The molecule has 1 saturated heterocycles. The molecule has 0 aromatic carbocycles. The van der Waals surface area contributed by atoms with Gasteiger partial charge in [-0.05, 0) is 37.8 Å². The Morgan fingerprint density at radius 3 is 2.81 bits per heavy atom. The van der Waals surface area contributed by atoms with Gasteiger partial charge < -0.3 is 25.2 Å². The molecule has 1 unspecified atom stereocenters. The summed E-state index contributed by atoms with van der Waals surface area (Å²) in [5.41, 5.74) is 1.32. The monoisotopic (exact) mass is 467 g/mol. The summed E-state index contributed by atoms with van der Waals surface area (Å²) >= 11 is 7.04. The number of allylic oxidation sites excluding steroid dienone is 3. The van der Waals surface area contributed by atoms with Gasteiger partial charge in [-0.25, -0.2) is 4.79 Å². The van der Waals surface area contributed by atoms with Gasteiger partial charge in [0.1, 0.15) is 18.5 Å². The van der Waals surface area contributed by atoms with Gasteiger partial charge in [0, 0.05) is 11.8 Å². The zero-order chi connectivity index (χ0) is 22.0. The molecule has 3 amide bonds. The second-order valence-electron chi connectivity index (χ2n) is 7.43. The van der Waals surface area contributed by atoms with Crippen LogP contribution in [-0.2, 0) is 14.3 Å². The molecule has 0 spiro atoms. The minimum atomic E-state index is -0.601. The third-order valence-electron chi connectivity index (χ3n) is 4.97. The number of hydrogen-bond donors (Lipinski definition) is 3. The van der Waals surface area contributed by atoms with Gasteiger partial charge in [0.05, 0.1) is 34.1 Å². The third-order valence-corrected chi connectivity index (χ3v) is 6.20. The molecule has 1 aliphatic heterocycles. The van der Waals surface area contributed by atoms with Crippen molar-refractivity contribution < 1.29 is 29.0 Å². The Morgan fingerprint density at radius 1 is 1.32 bits per heavy atom. The average molecular weight is 468 g/mol. The second kappa shape index (κ2) is 9.29. The highest BCUT2D eigenvalue weighted by molar-refractivity contribution is 7.17. The summed E-state index contributed by atoms with van der Waals surface area (Å²) in [6.45, 7) is -0.143. The third kappa shape index (κ3) is 5.38. The molecule has 4 rings (SSSR count). The van der Waals surface area contributed by atoms with Gasteiger partial charge in [-0.15, -0.1) is 11.3 Å². The lowest BCUT2D eigenvalue weighted by molar-refractivity contribution is -0.123. The number of carbonyl (C=O) groups excluding carboxylic acids is 3. The van der Waals surface area contributed by atoms with Crippen LogP contribution in [0, 0.1) is 0 Å². The van der Waals surface area contributed by atoms with Crippen LogP contribution in [0.5, 0.6) is 0 Å². The van der Waals surface area contributed by atoms with Gasteiger partial charge in [-0.2, -0.15) is 0 Å². The minimum Gasteiger partial charge on any atom is -0.489 e. The highest BCUT2D eigenvalue weighted by Crippen LogP contribution is 2.34. The lowest BCUT2D eigenvalue weighted by Gasteiger charge is -2.25. The summed E-state index contributed by atoms with van der Waals surface area (Å²) in [5, 5.41) is 14.4. The molecule has 0 bridgehead atoms. The van der Waals surface area contributed by atoms with Crippen molar-refractivity contribution in [1.82, 2.24) is 15.5 Å². The number of hydrogen-bond acceptors (Lipinski definition) is 7. The van der Waals surface area contributed by atoms with Gasteiger partial charge in [0.15, 0.2) is 0 Å². The van der Waals surface area contributed by atoms with E-state index in [-0.39, 0.29) is 25.1 Å². The Bertz CT molecular complexity index is 954. The van der Waals surface area contributed by atoms with Crippen molar-refractivity contribution in [2.24, 2.45) is 0 Å². The van der Waals surface area contributed by atoms with E-state index >= 15 is 0 Å². The first-order chi connectivity index (χ1) is 14.9. The van der Waals surface area contributed by atoms with Crippen molar-refractivity contribution in [2.45, 2.75) is 37.9 Å². The SMILES string of the molecule is O=C(CO)NC1=CC(OC2CC2)=C(N2CC(CNC(=O)c3ccc(Cl)s3)OC2=O)CC1. The Kier molecular flexibility index (Phi) is 6.49. The van der Waals surface area contributed by atoms with E-state index in [1.165, 1.54) is 16.2 Å². The summed E-state index contributed by atoms with van der Waals surface area (Å²) in [5.74, 6) is -0.242. The van der Waals surface area contributed by atoms with E-state index in [4.69, 9.17) is 26.2 Å². The molecule has 11 heteroatoms. The van der Waals surface area contributed by atoms with Crippen LogP contribution in [0.1, 0.15) is 35.4 Å². The number of cyclic esters (lactones) is 1. The van der Waals surface area contributed by atoms with Crippen LogP contribution >= 0.6 is 22.9 Å². The number of aliphatic hydroxyl groups excluding tert-OH is 1. The summed E-state index contributed by atoms with van der Waals surface area (Å²) in [6.07, 6.45) is 3.64. The number of thiophene rings is 1. The van der Waals surface area contributed by atoms with Crippen molar-refractivity contribution in [3.8, 4) is 0 Å². The smallest absolute Gasteiger partial charge is 0.414 e. The van der Waals surface area contributed by atoms with Crippen LogP contribution in [-0.4, -0.2) is 59.8 Å². The van der Waals surface area contributed by atoms with E-state index < -0.39 is 24.7 Å². The fraction of sp³-hybridized carbons (Fsp3) is 0.450. The maximum absolute atomic E-state index is 12.5. The van der Waals surface area contributed by atoms with E-state index in [1.54, 1.807) is 18.2 Å². The largest absolute Gasteiger partial charge is 0.489 e. The number of ether oxygens (including phenoxy) is 2. The van der Waals surface area contributed by atoms with Crippen LogP contribution in [0.4, 0.5) is 4.79 Å². The van der Waals surface area contributed by atoms with E-state index in [0.717, 1.165) is 12.8 Å². The quantitative estimate of drug-likeness (QED) is 0.539. The van der Waals surface area contributed by atoms with Crippen molar-refractivity contribution in [2.75, 3.05) is 19.7 Å². The highest BCUT2D eigenvalue weighted by Gasteiger charge is 2.37. The maximum Gasteiger partial charge on any atom is 0.414 e. The summed E-state index contributed by atoms with van der Waals surface area (Å²) in [4.78, 5) is 38.2. The molecule has 1 aromatic rings. The number of aliphatic hydroxyl groups is 1. The topological polar surface area (TPSA) is 117 Å². The Balaban J connectivity index is 1.42. The molecule has 166 valence electrons. The maximum atomic E-state index is 12.5. The standard InChI is InChI=1S/C20H22ClN3O6S/c21-17-6-5-16(31-17)19(27)22-8-13-9-24(20(28)30-13)14-4-1-11(23-18(26)10-25)7-15(14)29-12-2-3-12/h5-7,12-13,25H,1-4,8-10H2,(H,22,27)(H,23,26). The van der Waals surface area contributed by atoms with E-state index in [1.807, 2.05) is 0 Å². The predicted molar refractivity (Wildman–Crippen MR) is 112 cm³/mol. The zero-order valence-corrected chi connectivity index (χ0v) is 18.1. The number of nitrogens with one attached hydrogen (secondary N) is 2. The van der Waals surface area contributed by atoms with Crippen LogP contribution in [0.3, 0.4) is 0 Å². The first kappa shape index (κ1) is 21.7. The van der Waals surface area contributed by atoms with Gasteiger partial charge in [-0.1, -0.05) is 11.6 Å². The summed E-state index contributed by atoms with van der Waals surface area (Å²) in [6, 6.07) is 3.29. The molecular formula is C20H22ClN3O6S. The Hall–Kier alpha value is -2.56. The molecule has 1 atom stereocenters. The molecule has 2 aliphatic carbocycles. The first-order valence-corrected chi connectivity index (χ1v) is 11.1. The fourth-order valence-electron chi connectivity index (χ4n) is 3.32. The predicted octanol–water partition coefficient (Wildman–Crippen LogP) is 2.13. The van der Waals surface area contributed by atoms with Crippen molar-refractivity contribution in [3.63, 3.8) is 0 Å². The molecule has 1 aromatic heterocycles. The van der Waals surface area contributed by atoms with Crippen LogP contribution in [0.25, 0.3) is 0 Å². The van der Waals surface area contributed by atoms with E-state index in [0.29, 0.717) is 39.2 Å². The number of nitrogens with zero attached hydrogens (tertiary/aromatic N) is 1. The number of rotatable bonds is 8. The summed E-state index contributed by atoms with van der Waals surface area (Å²) in [7, 11) is 0. The van der Waals surface area contributed by atoms with Gasteiger partial charge in [0.25, 0.3) is 5.91 Å². The van der Waals surface area contributed by atoms with Crippen molar-refractivity contribution in [1.29, 1.82) is 0 Å². The van der Waals surface area contributed by atoms with Crippen molar-refractivity contribution >= 4 is 40.8 Å². The molecule has 2 fully saturated rings. The Morgan fingerprint density at radius 2 is 2.13 bits per heavy atom. The van der Waals surface area contributed by atoms with Crippen LogP contribution in [0.15, 0.2) is 35.4 Å². The molecule has 9 nitrogen and oxygen atoms in total. The average Bonchev–Trinajstić information content (AvgIpc) is 3.33. The van der Waals surface area contributed by atoms with Gasteiger partial charge in [0.2, 0.25) is 5.91 Å². The molecule has 31 heavy (non-hydrogen) atoms. The normalized spacial score (nSPS) is 21.0. The highest BCUT2D eigenvalue weighted by atomic mass is 35.5. The fourth-order valence-corrected chi connectivity index (χ4v) is 4.28. The van der Waals surface area contributed by atoms with Gasteiger partial charge in [-0.3, -0.25) is 14.5 Å². The number of halogens is 1. The summed E-state index contributed by atoms with van der Waals surface area (Å²) < 4.78 is 11.9. The lowest BCUT2D eigenvalue weighted by Crippen LogP contribution is -2.35. The molecular weight excluding hydrogens is 446 g/mol. The van der Waals surface area contributed by atoms with Crippen LogP contribution < -0.4 is 10.6 Å². The zero-order valence-electron chi connectivity index (χ0n) is 16.6. The van der Waals surface area contributed by atoms with E-state index in [2.05, 4.69) is 10.6 Å². The number of carbonyl (C=O) groups is 3. The van der Waals surface area contributed by atoms with Crippen molar-refractivity contribution in [3.05, 3.63) is 44.6 Å². The molecule has 3 aliphatic rings. The Labute approximate surface area is 187 Å². The molecule has 1 saturated carbocycles.